The van der Waals surface area contributed by atoms with Gasteiger partial charge in [-0.2, -0.15) is 0 Å². The summed E-state index contributed by atoms with van der Waals surface area (Å²) in [5.74, 6) is -2.24. The quantitative estimate of drug-likeness (QED) is 0.106. The van der Waals surface area contributed by atoms with Gasteiger partial charge in [0.1, 0.15) is 24.2 Å². The van der Waals surface area contributed by atoms with Crippen LogP contribution in [0.25, 0.3) is 33.4 Å². The molecular formula is C52H67N7O7S. The van der Waals surface area contributed by atoms with E-state index in [-0.39, 0.29) is 36.9 Å². The number of likely N-dealkylation sites (N-methyl/N-ethyl adjacent to an activating group) is 1. The van der Waals surface area contributed by atoms with Crippen molar-refractivity contribution in [1.82, 2.24) is 35.2 Å². The SMILES string of the molecule is C=C(/C=C\C=C/C)[C@@H]1CCO[C@@H]1C(=O)N(C)[C@H](C(=O)N[C@H]1Cc2nc(cs2)-c2ccc3c(c2)c(c(-c2cccnc2[C@H](C)OC)n3CC)CC(C)(C)COC(=O)[C@@H]2CCCN(N2)C1=O)C(C)C. The standard InChI is InChI=1S/C52H67N7O7S/c1-11-13-14-17-32(5)35-22-25-65-47(35)50(62)57(9)45(31(3)4)48(60)55-40-27-43-54-41(29-67-43)34-20-21-42-37(26-34)38(46(58(42)12-2)36-18-15-23-53-44(36)33(6)64-10)28-52(7,8)30-66-51(63)39-19-16-24-59(56-39)49(40)61/h11,13-15,17-18,20-21,23,26,29,31,33,35,39-40,45,47,56H,5,12,16,19,22,24-25,27-28,30H2,1-4,6-10H3,(H,55,60)/b13-11-,17-14-/t33-,35-,39-,40-,45-,47-/m0/s1. The highest BCUT2D eigenvalue weighted by Gasteiger charge is 2.42. The minimum Gasteiger partial charge on any atom is -0.464 e. The summed E-state index contributed by atoms with van der Waals surface area (Å²) >= 11 is 1.41. The molecule has 0 radical (unpaired) electrons. The minimum absolute atomic E-state index is 0.0801. The Kier molecular flexibility index (Phi) is 15.7. The number of aryl methyl sites for hydroxylation is 1. The molecular weight excluding hydrogens is 867 g/mol. The molecule has 67 heavy (non-hydrogen) atoms. The van der Waals surface area contributed by atoms with Gasteiger partial charge in [-0.1, -0.05) is 64.6 Å². The summed E-state index contributed by atoms with van der Waals surface area (Å²) in [6.07, 6.45) is 10.6. The Bertz CT molecular complexity index is 2540. The highest BCUT2D eigenvalue weighted by molar-refractivity contribution is 7.10. The summed E-state index contributed by atoms with van der Waals surface area (Å²) in [7, 11) is 3.30. The molecule has 6 atom stereocenters. The van der Waals surface area contributed by atoms with Gasteiger partial charge in [0.2, 0.25) is 5.91 Å². The third-order valence-corrected chi connectivity index (χ3v) is 14.1. The zero-order valence-corrected chi connectivity index (χ0v) is 41.3. The van der Waals surface area contributed by atoms with Crippen molar-refractivity contribution in [2.24, 2.45) is 17.3 Å². The number of cyclic esters (lactones) is 1. The van der Waals surface area contributed by atoms with Crippen LogP contribution in [-0.4, -0.2) is 106 Å². The van der Waals surface area contributed by atoms with Crippen molar-refractivity contribution in [3.8, 4) is 22.5 Å². The van der Waals surface area contributed by atoms with E-state index in [0.717, 1.165) is 50.2 Å². The number of amides is 3. The summed E-state index contributed by atoms with van der Waals surface area (Å²) in [5, 5.41) is 8.16. The number of carbonyl (C=O) groups excluding carboxylic acids is 4. The first-order chi connectivity index (χ1) is 32.1. The fraction of sp³-hybridized carbons (Fsp3) is 0.500. The first-order valence-electron chi connectivity index (χ1n) is 23.6. The van der Waals surface area contributed by atoms with E-state index in [0.29, 0.717) is 50.4 Å². The molecule has 0 spiro atoms. The lowest BCUT2D eigenvalue weighted by Crippen LogP contribution is -2.62. The van der Waals surface area contributed by atoms with Gasteiger partial charge in [-0.25, -0.2) is 10.4 Å². The zero-order valence-electron chi connectivity index (χ0n) is 40.5. The van der Waals surface area contributed by atoms with E-state index in [1.54, 1.807) is 20.4 Å². The second-order valence-electron chi connectivity index (χ2n) is 19.1. The number of carbonyl (C=O) groups is 4. The molecule has 3 aliphatic rings. The Morgan fingerprint density at radius 2 is 1.96 bits per heavy atom. The smallest absolute Gasteiger partial charge is 0.324 e. The second kappa shape index (κ2) is 21.2. The Balaban J connectivity index is 1.26. The van der Waals surface area contributed by atoms with Crippen LogP contribution in [0.5, 0.6) is 0 Å². The van der Waals surface area contributed by atoms with Crippen molar-refractivity contribution in [1.29, 1.82) is 0 Å². The number of hydrogen-bond acceptors (Lipinski definition) is 11. The number of aromatic nitrogens is 3. The van der Waals surface area contributed by atoms with E-state index >= 15 is 0 Å². The number of rotatable bonds is 12. The maximum atomic E-state index is 14.7. The molecule has 14 nitrogen and oxygen atoms in total. The summed E-state index contributed by atoms with van der Waals surface area (Å²) in [5.41, 5.74) is 10.1. The molecule has 4 aromatic rings. The molecule has 3 amide bonds. The van der Waals surface area contributed by atoms with E-state index in [2.05, 4.69) is 66.9 Å². The fourth-order valence-corrected chi connectivity index (χ4v) is 10.6. The van der Waals surface area contributed by atoms with Gasteiger partial charge in [-0.3, -0.25) is 29.2 Å². The first kappa shape index (κ1) is 49.4. The van der Waals surface area contributed by atoms with E-state index < -0.39 is 47.4 Å². The molecule has 2 saturated heterocycles. The molecule has 2 fully saturated rings. The van der Waals surface area contributed by atoms with Crippen LogP contribution in [0, 0.1) is 17.3 Å². The maximum absolute atomic E-state index is 14.7. The number of pyridine rings is 1. The number of allylic oxidation sites excluding steroid dienone is 4. The summed E-state index contributed by atoms with van der Waals surface area (Å²) in [4.78, 5) is 68.7. The summed E-state index contributed by atoms with van der Waals surface area (Å²) < 4.78 is 20.2. The van der Waals surface area contributed by atoms with Crippen molar-refractivity contribution < 1.29 is 33.4 Å². The van der Waals surface area contributed by atoms with Crippen molar-refractivity contribution >= 4 is 45.9 Å². The number of nitrogens with one attached hydrogen (secondary N) is 2. The Morgan fingerprint density at radius 3 is 2.69 bits per heavy atom. The lowest BCUT2D eigenvalue weighted by atomic mass is 9.84. The van der Waals surface area contributed by atoms with Crippen LogP contribution in [0.3, 0.4) is 0 Å². The lowest BCUT2D eigenvalue weighted by molar-refractivity contribution is -0.155. The van der Waals surface area contributed by atoms with Crippen LogP contribution in [0.15, 0.2) is 78.4 Å². The average molecular weight is 934 g/mol. The molecule has 3 aromatic heterocycles. The molecule has 1 aromatic carbocycles. The number of ether oxygens (including phenoxy) is 3. The number of esters is 1. The molecule has 0 aliphatic carbocycles. The predicted molar refractivity (Wildman–Crippen MR) is 262 cm³/mol. The van der Waals surface area contributed by atoms with Crippen LogP contribution in [0.1, 0.15) is 90.1 Å². The van der Waals surface area contributed by atoms with Gasteiger partial charge in [-0.15, -0.1) is 11.3 Å². The third-order valence-electron chi connectivity index (χ3n) is 13.2. The normalized spacial score (nSPS) is 22.3. The zero-order chi connectivity index (χ0) is 48.2. The van der Waals surface area contributed by atoms with E-state index in [9.17, 15) is 19.2 Å². The summed E-state index contributed by atoms with van der Waals surface area (Å²) in [6, 6.07) is 7.64. The number of benzene rings is 1. The molecule has 0 unspecified atom stereocenters. The van der Waals surface area contributed by atoms with Gasteiger partial charge in [-0.05, 0) is 87.8 Å². The van der Waals surface area contributed by atoms with Crippen molar-refractivity contribution in [2.75, 3.05) is 33.9 Å². The minimum atomic E-state index is -1.08. The van der Waals surface area contributed by atoms with Gasteiger partial charge in [0, 0.05) is 85.2 Å². The number of hydrogen-bond donors (Lipinski definition) is 2. The Morgan fingerprint density at radius 1 is 1.16 bits per heavy atom. The van der Waals surface area contributed by atoms with Gasteiger partial charge in [0.05, 0.1) is 34.8 Å². The molecule has 3 aliphatic heterocycles. The van der Waals surface area contributed by atoms with Crippen LogP contribution in [0.4, 0.5) is 0 Å². The van der Waals surface area contributed by atoms with Gasteiger partial charge >= 0.3 is 5.97 Å². The van der Waals surface area contributed by atoms with E-state index in [1.807, 2.05) is 63.4 Å². The average Bonchev–Trinajstić information content (AvgIpc) is 4.07. The molecule has 2 N–H and O–H groups in total. The predicted octanol–water partition coefficient (Wildman–Crippen LogP) is 7.78. The third kappa shape index (κ3) is 10.6. The molecule has 15 heteroatoms. The Labute approximate surface area is 398 Å². The number of hydrazine groups is 1. The van der Waals surface area contributed by atoms with Crippen LogP contribution in [-0.2, 0) is 52.8 Å². The van der Waals surface area contributed by atoms with Gasteiger partial charge in [0.15, 0.2) is 0 Å². The fourth-order valence-electron chi connectivity index (χ4n) is 9.71. The van der Waals surface area contributed by atoms with E-state index in [4.69, 9.17) is 24.2 Å². The number of methoxy groups -OCH3 is 1. The second-order valence-corrected chi connectivity index (χ2v) is 20.0. The monoisotopic (exact) mass is 933 g/mol. The largest absolute Gasteiger partial charge is 0.464 e. The number of thiazole rings is 1. The highest BCUT2D eigenvalue weighted by atomic mass is 32.1. The van der Waals surface area contributed by atoms with Gasteiger partial charge < -0.3 is 29.0 Å². The topological polar surface area (TPSA) is 157 Å². The molecule has 358 valence electrons. The number of fused-ring (bicyclic) bond motifs is 6. The van der Waals surface area contributed by atoms with E-state index in [1.165, 1.54) is 21.2 Å². The van der Waals surface area contributed by atoms with Crippen molar-refractivity contribution in [2.45, 2.75) is 117 Å². The Hall–Kier alpha value is -5.48. The summed E-state index contributed by atoms with van der Waals surface area (Å²) in [6.45, 7) is 19.8. The van der Waals surface area contributed by atoms with Crippen LogP contribution >= 0.6 is 11.3 Å². The highest BCUT2D eigenvalue weighted by Crippen LogP contribution is 2.42. The molecule has 7 rings (SSSR count). The molecule has 0 saturated carbocycles. The number of nitrogens with zero attached hydrogens (tertiary/aromatic N) is 5. The molecule has 6 bridgehead atoms. The maximum Gasteiger partial charge on any atom is 0.324 e. The van der Waals surface area contributed by atoms with Crippen LogP contribution in [0.2, 0.25) is 0 Å². The molecule has 6 heterocycles. The lowest BCUT2D eigenvalue weighted by Gasteiger charge is -2.37. The van der Waals surface area contributed by atoms with Crippen molar-refractivity contribution in [3.63, 3.8) is 0 Å². The van der Waals surface area contributed by atoms with Gasteiger partial charge in [0.25, 0.3) is 11.8 Å². The van der Waals surface area contributed by atoms with Crippen molar-refractivity contribution in [3.05, 3.63) is 94.6 Å². The van der Waals surface area contributed by atoms with Crippen LogP contribution < -0.4 is 10.7 Å². The first-order valence-corrected chi connectivity index (χ1v) is 24.4.